The molecule has 2 N–H and O–H groups in total. The molecule has 1 aliphatic rings. The molecule has 0 amide bonds. The summed E-state index contributed by atoms with van der Waals surface area (Å²) in [5.41, 5.74) is 5.19. The van der Waals surface area contributed by atoms with Crippen molar-refractivity contribution in [2.24, 2.45) is 0 Å². The fraction of sp³-hybridized carbons (Fsp3) is 0.200. The molecule has 3 aromatic rings. The molecule has 0 saturated carbocycles. The largest absolute Gasteiger partial charge is 0.490 e. The number of benzene rings is 1. The number of halogens is 4. The molecular weight excluding hydrogens is 425 g/mol. The number of carboxylic acids is 1. The highest BCUT2D eigenvalue weighted by Gasteiger charge is 2.38. The van der Waals surface area contributed by atoms with Crippen molar-refractivity contribution in [3.63, 3.8) is 0 Å². The average Bonchev–Trinajstić information content (AvgIpc) is 3.08. The number of hydrogen-bond acceptors (Lipinski definition) is 4. The van der Waals surface area contributed by atoms with Crippen LogP contribution in [0.4, 0.5) is 13.2 Å². The van der Waals surface area contributed by atoms with Crippen LogP contribution in [-0.4, -0.2) is 28.8 Å². The third-order valence-corrected chi connectivity index (χ3v) is 5.67. The van der Waals surface area contributed by atoms with Gasteiger partial charge in [0.15, 0.2) is 0 Å². The SMILES string of the molecule is Clc1cc2c(s1)CNCC2c1ccccc1-c1ccncc1.O=C(O)C(F)(F)F. The Morgan fingerprint density at radius 3 is 2.48 bits per heavy atom. The summed E-state index contributed by atoms with van der Waals surface area (Å²) in [7, 11) is 0. The predicted octanol–water partition coefficient (Wildman–Crippen LogP) is 5.33. The Morgan fingerprint density at radius 2 is 1.83 bits per heavy atom. The van der Waals surface area contributed by atoms with Crippen LogP contribution < -0.4 is 5.32 Å². The van der Waals surface area contributed by atoms with Crippen molar-refractivity contribution < 1.29 is 23.1 Å². The van der Waals surface area contributed by atoms with E-state index in [1.165, 1.54) is 27.1 Å². The number of alkyl halides is 3. The van der Waals surface area contributed by atoms with Gasteiger partial charge in [0.25, 0.3) is 0 Å². The van der Waals surface area contributed by atoms with Crippen LogP contribution >= 0.6 is 22.9 Å². The van der Waals surface area contributed by atoms with Crippen LogP contribution in [0.25, 0.3) is 11.1 Å². The molecule has 4 nitrogen and oxygen atoms in total. The molecule has 152 valence electrons. The highest BCUT2D eigenvalue weighted by molar-refractivity contribution is 7.16. The Morgan fingerprint density at radius 1 is 1.17 bits per heavy atom. The zero-order chi connectivity index (χ0) is 21.0. The van der Waals surface area contributed by atoms with Crippen molar-refractivity contribution in [3.8, 4) is 11.1 Å². The molecule has 0 radical (unpaired) electrons. The van der Waals surface area contributed by atoms with Gasteiger partial charge in [0, 0.05) is 36.3 Å². The van der Waals surface area contributed by atoms with Crippen LogP contribution in [0.1, 0.15) is 21.9 Å². The minimum Gasteiger partial charge on any atom is -0.475 e. The Hall–Kier alpha value is -2.42. The zero-order valence-corrected chi connectivity index (χ0v) is 16.5. The van der Waals surface area contributed by atoms with Gasteiger partial charge in [-0.1, -0.05) is 35.9 Å². The maximum absolute atomic E-state index is 10.6. The average molecular weight is 441 g/mol. The van der Waals surface area contributed by atoms with E-state index in [4.69, 9.17) is 21.5 Å². The van der Waals surface area contributed by atoms with E-state index in [2.05, 4.69) is 52.8 Å². The molecule has 0 bridgehead atoms. The Balaban J connectivity index is 0.000000298. The molecule has 1 aliphatic heterocycles. The van der Waals surface area contributed by atoms with E-state index in [0.717, 1.165) is 17.4 Å². The molecule has 29 heavy (non-hydrogen) atoms. The fourth-order valence-electron chi connectivity index (χ4n) is 3.15. The molecule has 1 atom stereocenters. The number of carbonyl (C=O) groups is 1. The first-order valence-electron chi connectivity index (χ1n) is 8.55. The quantitative estimate of drug-likeness (QED) is 0.565. The Bertz CT molecular complexity index is 993. The summed E-state index contributed by atoms with van der Waals surface area (Å²) in [6.45, 7) is 1.86. The van der Waals surface area contributed by atoms with Gasteiger partial charge in [-0.2, -0.15) is 13.2 Å². The first-order valence-corrected chi connectivity index (χ1v) is 9.75. The second-order valence-electron chi connectivity index (χ2n) is 6.24. The molecule has 1 aromatic carbocycles. The van der Waals surface area contributed by atoms with Crippen LogP contribution in [0.2, 0.25) is 4.34 Å². The van der Waals surface area contributed by atoms with Gasteiger partial charge in [-0.05, 0) is 40.5 Å². The number of aromatic nitrogens is 1. The van der Waals surface area contributed by atoms with E-state index < -0.39 is 12.1 Å². The fourth-order valence-corrected chi connectivity index (χ4v) is 4.47. The van der Waals surface area contributed by atoms with Gasteiger partial charge < -0.3 is 10.4 Å². The number of nitrogens with one attached hydrogen (secondary N) is 1. The molecular formula is C20H16ClF3N2O2S. The van der Waals surface area contributed by atoms with Gasteiger partial charge >= 0.3 is 12.1 Å². The maximum Gasteiger partial charge on any atom is 0.490 e. The van der Waals surface area contributed by atoms with Gasteiger partial charge in [-0.15, -0.1) is 11.3 Å². The third-order valence-electron chi connectivity index (χ3n) is 4.39. The van der Waals surface area contributed by atoms with E-state index in [1.807, 2.05) is 12.4 Å². The summed E-state index contributed by atoms with van der Waals surface area (Å²) in [6.07, 6.45) is -1.39. The first-order chi connectivity index (χ1) is 13.8. The van der Waals surface area contributed by atoms with E-state index in [0.29, 0.717) is 5.92 Å². The molecule has 0 spiro atoms. The molecule has 4 rings (SSSR count). The number of nitrogens with zero attached hydrogens (tertiary/aromatic N) is 1. The lowest BCUT2D eigenvalue weighted by Gasteiger charge is -2.26. The van der Waals surface area contributed by atoms with Crippen LogP contribution in [0.5, 0.6) is 0 Å². The summed E-state index contributed by atoms with van der Waals surface area (Å²) in [5.74, 6) is -2.41. The van der Waals surface area contributed by atoms with Gasteiger partial charge in [0.05, 0.1) is 4.34 Å². The predicted molar refractivity (Wildman–Crippen MR) is 106 cm³/mol. The zero-order valence-electron chi connectivity index (χ0n) is 14.9. The van der Waals surface area contributed by atoms with E-state index in [1.54, 1.807) is 11.3 Å². The molecule has 3 heterocycles. The number of hydrogen-bond donors (Lipinski definition) is 2. The summed E-state index contributed by atoms with van der Waals surface area (Å²) in [5, 5.41) is 10.6. The number of fused-ring (bicyclic) bond motifs is 1. The standard InChI is InChI=1S/C18H15ClN2S.C2HF3O2/c19-18-9-15-16(10-21-11-17(15)22-18)14-4-2-1-3-13(14)12-5-7-20-8-6-12;3-2(4,5)1(6)7/h1-9,16,21H,10-11H2;(H,6,7). The second-order valence-corrected chi connectivity index (χ2v) is 8.01. The van der Waals surface area contributed by atoms with Crippen LogP contribution in [-0.2, 0) is 11.3 Å². The molecule has 1 unspecified atom stereocenters. The molecule has 2 aromatic heterocycles. The highest BCUT2D eigenvalue weighted by Crippen LogP contribution is 2.40. The summed E-state index contributed by atoms with van der Waals surface area (Å²) < 4.78 is 32.6. The van der Waals surface area contributed by atoms with Gasteiger partial charge in [-0.25, -0.2) is 4.79 Å². The topological polar surface area (TPSA) is 62.2 Å². The Labute approximate surface area is 174 Å². The first kappa shape index (κ1) is 21.3. The molecule has 9 heteroatoms. The van der Waals surface area contributed by atoms with E-state index >= 15 is 0 Å². The minimum atomic E-state index is -5.08. The summed E-state index contributed by atoms with van der Waals surface area (Å²) in [6, 6.07) is 14.9. The Kier molecular flexibility index (Phi) is 6.56. The van der Waals surface area contributed by atoms with Crippen molar-refractivity contribution in [3.05, 3.63) is 75.2 Å². The number of thiophene rings is 1. The van der Waals surface area contributed by atoms with Crippen molar-refractivity contribution in [1.29, 1.82) is 0 Å². The maximum atomic E-state index is 10.6. The smallest absolute Gasteiger partial charge is 0.475 e. The summed E-state index contributed by atoms with van der Waals surface area (Å²) >= 11 is 7.93. The van der Waals surface area contributed by atoms with Crippen molar-refractivity contribution in [2.75, 3.05) is 6.54 Å². The monoisotopic (exact) mass is 440 g/mol. The molecule has 0 fully saturated rings. The lowest BCUT2D eigenvalue weighted by atomic mass is 9.85. The van der Waals surface area contributed by atoms with Gasteiger partial charge in [0.1, 0.15) is 0 Å². The van der Waals surface area contributed by atoms with Crippen LogP contribution in [0.15, 0.2) is 54.9 Å². The number of pyridine rings is 1. The van der Waals surface area contributed by atoms with Crippen molar-refractivity contribution in [2.45, 2.75) is 18.6 Å². The van der Waals surface area contributed by atoms with Crippen LogP contribution in [0, 0.1) is 0 Å². The normalized spacial score (nSPS) is 15.8. The van der Waals surface area contributed by atoms with E-state index in [9.17, 15) is 13.2 Å². The lowest BCUT2D eigenvalue weighted by molar-refractivity contribution is -0.192. The minimum absolute atomic E-state index is 0.344. The number of carboxylic acid groups (broad SMARTS) is 1. The summed E-state index contributed by atoms with van der Waals surface area (Å²) in [4.78, 5) is 14.4. The van der Waals surface area contributed by atoms with Gasteiger partial charge in [-0.3, -0.25) is 4.98 Å². The van der Waals surface area contributed by atoms with Gasteiger partial charge in [0.2, 0.25) is 0 Å². The van der Waals surface area contributed by atoms with Crippen molar-refractivity contribution in [1.82, 2.24) is 10.3 Å². The third kappa shape index (κ3) is 5.14. The lowest BCUT2D eigenvalue weighted by Crippen LogP contribution is -2.27. The highest BCUT2D eigenvalue weighted by atomic mass is 35.5. The van der Waals surface area contributed by atoms with Crippen LogP contribution in [0.3, 0.4) is 0 Å². The molecule has 0 aliphatic carbocycles. The number of rotatable bonds is 2. The van der Waals surface area contributed by atoms with Crippen molar-refractivity contribution >= 4 is 28.9 Å². The molecule has 0 saturated heterocycles. The number of aliphatic carboxylic acids is 1. The second kappa shape index (κ2) is 8.94. The van der Waals surface area contributed by atoms with E-state index in [-0.39, 0.29) is 0 Å².